The highest BCUT2D eigenvalue weighted by molar-refractivity contribution is 5.95. The summed E-state index contributed by atoms with van der Waals surface area (Å²) in [5, 5.41) is 13.3. The highest BCUT2D eigenvalue weighted by Crippen LogP contribution is 2.27. The Hall–Kier alpha value is -3.68. The number of aromatic nitrogens is 2. The molecule has 0 spiro atoms. The van der Waals surface area contributed by atoms with E-state index in [0.29, 0.717) is 16.8 Å². The van der Waals surface area contributed by atoms with Crippen molar-refractivity contribution in [1.82, 2.24) is 20.3 Å². The van der Waals surface area contributed by atoms with Gasteiger partial charge in [0.05, 0.1) is 17.0 Å². The number of fused-ring (bicyclic) bond motifs is 1. The lowest BCUT2D eigenvalue weighted by Gasteiger charge is -2.14. The Balaban J connectivity index is 1.75. The van der Waals surface area contributed by atoms with Crippen LogP contribution in [0.2, 0.25) is 0 Å². The number of carbonyl (C=O) groups excluding carboxylic acids is 1. The molecule has 4 rings (SSSR count). The molecule has 0 fully saturated rings. The molecular formula is C20H20N6O2. The second-order valence-electron chi connectivity index (χ2n) is 6.66. The lowest BCUT2D eigenvalue weighted by Crippen LogP contribution is -2.17. The van der Waals surface area contributed by atoms with Crippen molar-refractivity contribution in [3.05, 3.63) is 64.2 Å². The average molecular weight is 376 g/mol. The molecule has 1 aliphatic heterocycles. The largest absolute Gasteiger partial charge is 0.355 e. The van der Waals surface area contributed by atoms with Gasteiger partial charge in [-0.3, -0.25) is 14.6 Å². The van der Waals surface area contributed by atoms with E-state index in [9.17, 15) is 9.59 Å². The van der Waals surface area contributed by atoms with E-state index in [1.807, 2.05) is 30.4 Å². The number of hydrogen-bond acceptors (Lipinski definition) is 6. The average Bonchev–Trinajstić information content (AvgIpc) is 3.14. The predicted octanol–water partition coefficient (Wildman–Crippen LogP) is 2.04. The maximum Gasteiger partial charge on any atom is 0.259 e. The third-order valence-corrected chi connectivity index (χ3v) is 4.70. The number of amides is 1. The van der Waals surface area contributed by atoms with Crippen molar-refractivity contribution in [3.8, 4) is 0 Å². The molecule has 1 aromatic carbocycles. The zero-order valence-electron chi connectivity index (χ0n) is 15.6. The summed E-state index contributed by atoms with van der Waals surface area (Å²) in [4.78, 5) is 31.6. The molecule has 0 saturated heterocycles. The Labute approximate surface area is 161 Å². The fourth-order valence-electron chi connectivity index (χ4n) is 3.24. The Morgan fingerprint density at radius 1 is 1.25 bits per heavy atom. The Morgan fingerprint density at radius 3 is 2.71 bits per heavy atom. The van der Waals surface area contributed by atoms with E-state index in [1.54, 1.807) is 37.5 Å². The van der Waals surface area contributed by atoms with Gasteiger partial charge in [-0.25, -0.2) is 4.98 Å². The fourth-order valence-corrected chi connectivity index (χ4v) is 3.24. The normalized spacial score (nSPS) is 15.8. The van der Waals surface area contributed by atoms with Crippen LogP contribution in [0, 0.1) is 0 Å². The number of benzene rings is 1. The first-order chi connectivity index (χ1) is 13.5. The van der Waals surface area contributed by atoms with E-state index in [-0.39, 0.29) is 17.4 Å². The van der Waals surface area contributed by atoms with Crippen LogP contribution in [0.1, 0.15) is 22.0 Å². The summed E-state index contributed by atoms with van der Waals surface area (Å²) in [6.07, 6.45) is 3.49. The number of nitrogens with one attached hydrogen (secondary N) is 3. The molecule has 0 aliphatic carbocycles. The zero-order valence-corrected chi connectivity index (χ0v) is 15.6. The summed E-state index contributed by atoms with van der Waals surface area (Å²) in [7, 11) is 3.50. The predicted molar refractivity (Wildman–Crippen MR) is 109 cm³/mol. The molecule has 28 heavy (non-hydrogen) atoms. The van der Waals surface area contributed by atoms with Crippen molar-refractivity contribution in [2.45, 2.75) is 5.92 Å². The van der Waals surface area contributed by atoms with E-state index in [0.717, 1.165) is 23.3 Å². The first-order valence-electron chi connectivity index (χ1n) is 8.92. The van der Waals surface area contributed by atoms with Gasteiger partial charge in [-0.05, 0) is 41.8 Å². The third kappa shape index (κ3) is 3.32. The number of nitrogens with zero attached hydrogens (tertiary/aromatic N) is 3. The van der Waals surface area contributed by atoms with E-state index in [2.05, 4.69) is 20.7 Å². The summed E-state index contributed by atoms with van der Waals surface area (Å²) in [6.45, 7) is 0.738. The molecular weight excluding hydrogens is 356 g/mol. The number of anilines is 2. The fraction of sp³-hybridized carbons (Fsp3) is 0.200. The Kier molecular flexibility index (Phi) is 4.52. The van der Waals surface area contributed by atoms with E-state index < -0.39 is 0 Å². The molecule has 0 radical (unpaired) electrons. The summed E-state index contributed by atoms with van der Waals surface area (Å²) in [5.41, 5.74) is 1.93. The quantitative estimate of drug-likeness (QED) is 0.647. The number of likely N-dealkylation sites (N-methyl/N-ethyl adjacent to an activating group) is 1. The van der Waals surface area contributed by atoms with Gasteiger partial charge in [0.15, 0.2) is 0 Å². The smallest absolute Gasteiger partial charge is 0.259 e. The van der Waals surface area contributed by atoms with Crippen LogP contribution in [0.4, 0.5) is 11.5 Å². The van der Waals surface area contributed by atoms with E-state index in [1.165, 1.54) is 0 Å². The van der Waals surface area contributed by atoms with Crippen molar-refractivity contribution >= 4 is 34.4 Å². The molecule has 2 aromatic heterocycles. The molecule has 1 amide bonds. The van der Waals surface area contributed by atoms with Crippen molar-refractivity contribution in [2.75, 3.05) is 26.0 Å². The van der Waals surface area contributed by atoms with Crippen LogP contribution >= 0.6 is 0 Å². The Bertz CT molecular complexity index is 1120. The highest BCUT2D eigenvalue weighted by atomic mass is 16.1. The minimum atomic E-state index is -0.210. The summed E-state index contributed by atoms with van der Waals surface area (Å²) < 4.78 is 0. The van der Waals surface area contributed by atoms with Gasteiger partial charge in [-0.2, -0.15) is 5.10 Å². The molecule has 3 heterocycles. The van der Waals surface area contributed by atoms with Crippen LogP contribution in [0.3, 0.4) is 0 Å². The van der Waals surface area contributed by atoms with Crippen LogP contribution in [0.5, 0.6) is 0 Å². The van der Waals surface area contributed by atoms with Crippen LogP contribution < -0.4 is 16.2 Å². The number of carbonyl (C=O) groups is 1. The van der Waals surface area contributed by atoms with Crippen LogP contribution in [0.15, 0.2) is 52.5 Å². The maximum atomic E-state index is 12.4. The first kappa shape index (κ1) is 17.7. The van der Waals surface area contributed by atoms with Crippen LogP contribution in [0.25, 0.3) is 10.8 Å². The second kappa shape index (κ2) is 7.15. The monoisotopic (exact) mass is 376 g/mol. The van der Waals surface area contributed by atoms with Gasteiger partial charge in [0.1, 0.15) is 5.82 Å². The number of hydrogen-bond donors (Lipinski definition) is 3. The molecule has 8 heteroatoms. The maximum absolute atomic E-state index is 12.4. The minimum Gasteiger partial charge on any atom is -0.355 e. The third-order valence-electron chi connectivity index (χ3n) is 4.70. The standard InChI is InChI=1S/C20H20N6O2/c1-21-19(27)12-3-5-15(6-4-12)24-18-17-13(7-8-22-20(17)28)9-16(25-18)14-10-23-26(2)11-14/h3-10,14H,11H2,1-2H3,(H,21,27)(H,22,28)(H,24,25). The van der Waals surface area contributed by atoms with Crippen molar-refractivity contribution < 1.29 is 4.79 Å². The number of H-pyrrole nitrogens is 1. The molecule has 1 unspecified atom stereocenters. The molecule has 3 aromatic rings. The lowest BCUT2D eigenvalue weighted by atomic mass is 10.0. The second-order valence-corrected chi connectivity index (χ2v) is 6.66. The number of hydrazone groups is 1. The van der Waals surface area contributed by atoms with Crippen LogP contribution in [-0.2, 0) is 0 Å². The van der Waals surface area contributed by atoms with Gasteiger partial charge in [0.2, 0.25) is 0 Å². The lowest BCUT2D eigenvalue weighted by molar-refractivity contribution is 0.0963. The van der Waals surface area contributed by atoms with Crippen LogP contribution in [-0.4, -0.2) is 47.7 Å². The van der Waals surface area contributed by atoms with Gasteiger partial charge in [-0.15, -0.1) is 0 Å². The van der Waals surface area contributed by atoms with E-state index >= 15 is 0 Å². The first-order valence-corrected chi connectivity index (χ1v) is 8.92. The Morgan fingerprint density at radius 2 is 2.04 bits per heavy atom. The molecule has 8 nitrogen and oxygen atoms in total. The van der Waals surface area contributed by atoms with Gasteiger partial charge >= 0.3 is 0 Å². The minimum absolute atomic E-state index is 0.0601. The summed E-state index contributed by atoms with van der Waals surface area (Å²) >= 11 is 0. The van der Waals surface area contributed by atoms with Crippen molar-refractivity contribution in [2.24, 2.45) is 5.10 Å². The molecule has 3 N–H and O–H groups in total. The van der Waals surface area contributed by atoms with E-state index in [4.69, 9.17) is 4.98 Å². The summed E-state index contributed by atoms with van der Waals surface area (Å²) in [5.74, 6) is 0.382. The topological polar surface area (TPSA) is 102 Å². The SMILES string of the molecule is CNC(=O)c1ccc(Nc2nc(C3C=NN(C)C3)cc3cc[nH]c(=O)c23)cc1. The zero-order chi connectivity index (χ0) is 19.7. The van der Waals surface area contributed by atoms with Crippen molar-refractivity contribution in [1.29, 1.82) is 0 Å². The molecule has 0 bridgehead atoms. The molecule has 142 valence electrons. The number of rotatable bonds is 4. The van der Waals surface area contributed by atoms with Gasteiger partial charge in [-0.1, -0.05) is 0 Å². The van der Waals surface area contributed by atoms with Gasteiger partial charge in [0.25, 0.3) is 11.5 Å². The molecule has 0 saturated carbocycles. The molecule has 1 aliphatic rings. The number of pyridine rings is 2. The molecule has 1 atom stereocenters. The van der Waals surface area contributed by atoms with Crippen molar-refractivity contribution in [3.63, 3.8) is 0 Å². The van der Waals surface area contributed by atoms with Gasteiger partial charge in [0, 0.05) is 44.3 Å². The van der Waals surface area contributed by atoms with Gasteiger partial charge < -0.3 is 15.6 Å². The highest BCUT2D eigenvalue weighted by Gasteiger charge is 2.20. The number of aromatic amines is 1. The summed E-state index contributed by atoms with van der Waals surface area (Å²) in [6, 6.07) is 10.8.